The van der Waals surface area contributed by atoms with Crippen LogP contribution in [0.5, 0.6) is 0 Å². The minimum absolute atomic E-state index is 0.0749. The zero-order valence-corrected chi connectivity index (χ0v) is 10.1. The molecule has 10 heteroatoms. The smallest absolute Gasteiger partial charge is 0.368 e. The van der Waals surface area contributed by atoms with E-state index in [-0.39, 0.29) is 5.82 Å². The van der Waals surface area contributed by atoms with Gasteiger partial charge in [0, 0.05) is 0 Å². The molecule has 0 saturated carbocycles. The Balaban J connectivity index is 2.46. The average molecular weight is 356 g/mol. The highest BCUT2D eigenvalue weighted by atomic mass is 127. The zero-order chi connectivity index (χ0) is 12.6. The van der Waals surface area contributed by atoms with Crippen LogP contribution in [0.25, 0.3) is 5.82 Å². The van der Waals surface area contributed by atoms with Crippen molar-refractivity contribution in [1.82, 2.24) is 25.0 Å². The second-order valence-electron chi connectivity index (χ2n) is 2.92. The Labute approximate surface area is 106 Å². The summed E-state index contributed by atoms with van der Waals surface area (Å²) in [6.07, 6.45) is -4.64. The van der Waals surface area contributed by atoms with Crippen LogP contribution in [-0.4, -0.2) is 25.0 Å². The lowest BCUT2D eigenvalue weighted by Crippen LogP contribution is -2.09. The molecule has 2 heterocycles. The molecule has 0 spiro atoms. The number of hydrogen-bond donors (Lipinski definition) is 1. The number of aromatic nitrogens is 5. The molecule has 0 aliphatic heterocycles. The van der Waals surface area contributed by atoms with Crippen LogP contribution < -0.4 is 5.73 Å². The van der Waals surface area contributed by atoms with E-state index in [1.165, 1.54) is 6.07 Å². The van der Waals surface area contributed by atoms with Crippen LogP contribution in [0, 0.1) is 3.70 Å². The first-order valence-electron chi connectivity index (χ1n) is 4.17. The number of nitrogens with two attached hydrogens (primary N) is 1. The number of halogens is 4. The molecule has 0 aromatic carbocycles. The number of rotatable bonds is 1. The Morgan fingerprint density at radius 2 is 1.94 bits per heavy atom. The van der Waals surface area contributed by atoms with Crippen molar-refractivity contribution >= 4 is 28.5 Å². The fourth-order valence-corrected chi connectivity index (χ4v) is 1.32. The van der Waals surface area contributed by atoms with E-state index in [2.05, 4.69) is 20.3 Å². The summed E-state index contributed by atoms with van der Waals surface area (Å²) in [5.74, 6) is -1.63. The Bertz CT molecular complexity index is 534. The van der Waals surface area contributed by atoms with E-state index in [1.807, 2.05) is 22.6 Å². The van der Waals surface area contributed by atoms with Crippen molar-refractivity contribution < 1.29 is 13.2 Å². The number of nitrogens with zero attached hydrogens (tertiary/aromatic N) is 5. The highest BCUT2D eigenvalue weighted by molar-refractivity contribution is 14.1. The van der Waals surface area contributed by atoms with Crippen LogP contribution in [0.3, 0.4) is 0 Å². The van der Waals surface area contributed by atoms with Gasteiger partial charge in [0.2, 0.25) is 5.95 Å². The average Bonchev–Trinajstić information content (AvgIpc) is 2.61. The van der Waals surface area contributed by atoms with Gasteiger partial charge in [-0.2, -0.15) is 22.8 Å². The third kappa shape index (κ3) is 2.45. The van der Waals surface area contributed by atoms with Crippen molar-refractivity contribution in [1.29, 1.82) is 0 Å². The Morgan fingerprint density at radius 1 is 1.24 bits per heavy atom. The molecule has 2 rings (SSSR count). The van der Waals surface area contributed by atoms with E-state index in [9.17, 15) is 13.2 Å². The van der Waals surface area contributed by atoms with Crippen molar-refractivity contribution in [3.63, 3.8) is 0 Å². The largest absolute Gasteiger partial charge is 0.453 e. The van der Waals surface area contributed by atoms with Gasteiger partial charge in [-0.3, -0.25) is 0 Å². The van der Waals surface area contributed by atoms with E-state index in [1.54, 1.807) is 6.07 Å². The van der Waals surface area contributed by atoms with Gasteiger partial charge in [0.05, 0.1) is 0 Å². The molecule has 0 unspecified atom stereocenters. The lowest BCUT2D eigenvalue weighted by atomic mass is 10.5. The van der Waals surface area contributed by atoms with E-state index >= 15 is 0 Å². The van der Waals surface area contributed by atoms with Gasteiger partial charge in [-0.1, -0.05) is 0 Å². The summed E-state index contributed by atoms with van der Waals surface area (Å²) in [5.41, 5.74) is 5.33. The van der Waals surface area contributed by atoms with Gasteiger partial charge in [0.1, 0.15) is 3.70 Å². The zero-order valence-electron chi connectivity index (χ0n) is 7.98. The molecular weight excluding hydrogens is 352 g/mol. The summed E-state index contributed by atoms with van der Waals surface area (Å²) in [5, 5.41) is 10.6. The number of anilines is 1. The van der Waals surface area contributed by atoms with Crippen molar-refractivity contribution in [2.45, 2.75) is 6.18 Å². The second-order valence-corrected chi connectivity index (χ2v) is 4.02. The third-order valence-electron chi connectivity index (χ3n) is 1.72. The molecule has 0 aliphatic carbocycles. The third-order valence-corrected chi connectivity index (χ3v) is 2.30. The molecule has 17 heavy (non-hydrogen) atoms. The van der Waals surface area contributed by atoms with Gasteiger partial charge in [0.25, 0.3) is 5.82 Å². The van der Waals surface area contributed by atoms with Gasteiger partial charge in [-0.25, -0.2) is 0 Å². The Hall–Kier alpha value is -1.46. The predicted octanol–water partition coefficient (Wildman–Crippen LogP) is 1.26. The van der Waals surface area contributed by atoms with Gasteiger partial charge in [-0.15, -0.1) is 15.3 Å². The molecule has 0 saturated heterocycles. The number of hydrogen-bond acceptors (Lipinski definition) is 5. The second kappa shape index (κ2) is 4.09. The van der Waals surface area contributed by atoms with Gasteiger partial charge in [0.15, 0.2) is 5.82 Å². The highest BCUT2D eigenvalue weighted by Gasteiger charge is 2.37. The number of alkyl halides is 3. The SMILES string of the molecule is Nc1nc(C(F)(F)F)nn1-c1ccc(I)nn1. The molecule has 2 aromatic heterocycles. The molecule has 6 nitrogen and oxygen atoms in total. The van der Waals surface area contributed by atoms with E-state index in [0.29, 0.717) is 3.70 Å². The topological polar surface area (TPSA) is 82.5 Å². The van der Waals surface area contributed by atoms with Crippen molar-refractivity contribution in [3.8, 4) is 5.82 Å². The van der Waals surface area contributed by atoms with Crippen LogP contribution >= 0.6 is 22.6 Å². The first-order chi connectivity index (χ1) is 7.88. The van der Waals surface area contributed by atoms with Gasteiger partial charge < -0.3 is 5.73 Å². The van der Waals surface area contributed by atoms with Crippen LogP contribution in [0.4, 0.5) is 19.1 Å². The molecule has 90 valence electrons. The molecule has 0 radical (unpaired) electrons. The molecule has 0 aliphatic rings. The summed E-state index contributed by atoms with van der Waals surface area (Å²) >= 11 is 1.91. The number of nitrogen functional groups attached to an aromatic ring is 1. The first-order valence-corrected chi connectivity index (χ1v) is 5.25. The van der Waals surface area contributed by atoms with Crippen molar-refractivity contribution in [2.75, 3.05) is 5.73 Å². The van der Waals surface area contributed by atoms with Crippen LogP contribution in [-0.2, 0) is 6.18 Å². The van der Waals surface area contributed by atoms with E-state index in [4.69, 9.17) is 5.73 Å². The monoisotopic (exact) mass is 356 g/mol. The van der Waals surface area contributed by atoms with E-state index < -0.39 is 17.9 Å². The molecule has 0 atom stereocenters. The van der Waals surface area contributed by atoms with Crippen LogP contribution in [0.1, 0.15) is 5.82 Å². The minimum atomic E-state index is -4.64. The van der Waals surface area contributed by atoms with E-state index in [0.717, 1.165) is 4.68 Å². The maximum atomic E-state index is 12.3. The maximum absolute atomic E-state index is 12.3. The highest BCUT2D eigenvalue weighted by Crippen LogP contribution is 2.27. The van der Waals surface area contributed by atoms with Gasteiger partial charge in [-0.05, 0) is 34.7 Å². The molecule has 0 fully saturated rings. The van der Waals surface area contributed by atoms with Crippen molar-refractivity contribution in [2.24, 2.45) is 0 Å². The summed E-state index contributed by atoms with van der Waals surface area (Å²) in [4.78, 5) is 3.12. The van der Waals surface area contributed by atoms with Crippen LogP contribution in [0.2, 0.25) is 0 Å². The normalized spacial score (nSPS) is 11.8. The fourth-order valence-electron chi connectivity index (χ4n) is 1.03. The molecule has 0 amide bonds. The van der Waals surface area contributed by atoms with Crippen LogP contribution in [0.15, 0.2) is 12.1 Å². The Kier molecular flexibility index (Phi) is 2.89. The molecule has 0 bridgehead atoms. The minimum Gasteiger partial charge on any atom is -0.368 e. The standard InChI is InChI=1S/C7H4F3IN6/c8-7(9,10)5-13-6(12)17(16-5)4-2-1-3(11)14-15-4/h1-2H,(H2,12,13,16). The fraction of sp³-hybridized carbons (Fsp3) is 0.143. The summed E-state index contributed by atoms with van der Waals surface area (Å²) in [7, 11) is 0. The summed E-state index contributed by atoms with van der Waals surface area (Å²) < 4.78 is 38.4. The lowest BCUT2D eigenvalue weighted by Gasteiger charge is -2.00. The lowest BCUT2D eigenvalue weighted by molar-refractivity contribution is -0.144. The van der Waals surface area contributed by atoms with Crippen molar-refractivity contribution in [3.05, 3.63) is 21.7 Å². The maximum Gasteiger partial charge on any atom is 0.453 e. The predicted molar refractivity (Wildman–Crippen MR) is 59.1 cm³/mol. The summed E-state index contributed by atoms with van der Waals surface area (Å²) in [6, 6.07) is 3.01. The summed E-state index contributed by atoms with van der Waals surface area (Å²) in [6.45, 7) is 0. The molecular formula is C7H4F3IN6. The molecule has 2 aromatic rings. The molecule has 2 N–H and O–H groups in total. The van der Waals surface area contributed by atoms with Gasteiger partial charge >= 0.3 is 6.18 Å². The first kappa shape index (κ1) is 12.0. The quantitative estimate of drug-likeness (QED) is 0.778. The Morgan fingerprint density at radius 3 is 2.41 bits per heavy atom.